The molecule has 0 radical (unpaired) electrons. The van der Waals surface area contributed by atoms with E-state index in [1.807, 2.05) is 6.08 Å². The molecule has 76 heavy (non-hydrogen) atoms. The molecule has 0 aromatic carbocycles. The Morgan fingerprint density at radius 3 is 1.26 bits per heavy atom. The molecule has 0 aromatic rings. The van der Waals surface area contributed by atoms with Crippen molar-refractivity contribution in [3.05, 3.63) is 109 Å². The molecule has 0 aromatic heterocycles. The van der Waals surface area contributed by atoms with Gasteiger partial charge in [-0.3, -0.25) is 4.79 Å². The SMILES string of the molecule is CC/C=C\C/C=C\C/C=C\C/C=C\C/C=C\C/C=C\CCCCCCCCCCCCCCCCCCCCCCC(=O)NC(COC1OC(CO)C(O)C(O)C1O)C(O)/C=C/CC/C=C/CC/C=C/CCCCCC. The molecule has 0 bridgehead atoms. The highest BCUT2D eigenvalue weighted by molar-refractivity contribution is 5.76. The van der Waals surface area contributed by atoms with Gasteiger partial charge in [-0.1, -0.05) is 258 Å². The second-order valence-electron chi connectivity index (χ2n) is 21.1. The lowest BCUT2D eigenvalue weighted by atomic mass is 9.99. The first-order chi connectivity index (χ1) is 37.3. The minimum atomic E-state index is -1.58. The molecule has 9 nitrogen and oxygen atoms in total. The zero-order chi connectivity index (χ0) is 55.0. The van der Waals surface area contributed by atoms with E-state index in [9.17, 15) is 30.3 Å². The van der Waals surface area contributed by atoms with E-state index in [2.05, 4.69) is 116 Å². The van der Waals surface area contributed by atoms with Gasteiger partial charge >= 0.3 is 0 Å². The van der Waals surface area contributed by atoms with Crippen LogP contribution < -0.4 is 5.32 Å². The van der Waals surface area contributed by atoms with E-state index in [4.69, 9.17) is 9.47 Å². The molecule has 0 spiro atoms. The van der Waals surface area contributed by atoms with Gasteiger partial charge in [0.25, 0.3) is 0 Å². The number of allylic oxidation sites excluding steroid dienone is 17. The lowest BCUT2D eigenvalue weighted by Crippen LogP contribution is -2.60. The summed E-state index contributed by atoms with van der Waals surface area (Å²) >= 11 is 0. The maximum absolute atomic E-state index is 13.1. The van der Waals surface area contributed by atoms with Crippen LogP contribution in [0.15, 0.2) is 109 Å². The van der Waals surface area contributed by atoms with Crippen molar-refractivity contribution in [1.82, 2.24) is 5.32 Å². The zero-order valence-electron chi connectivity index (χ0n) is 48.5. The quantitative estimate of drug-likeness (QED) is 0.0261. The molecular formula is C67H115NO8. The van der Waals surface area contributed by atoms with E-state index < -0.39 is 49.5 Å². The fraction of sp³-hybridized carbons (Fsp3) is 0.716. The van der Waals surface area contributed by atoms with Gasteiger partial charge in [-0.05, 0) is 96.3 Å². The average molecular weight is 1060 g/mol. The third-order valence-electron chi connectivity index (χ3n) is 14.1. The standard InChI is InChI=1S/C67H115NO8/c1-3-5-7-9-11-13-15-17-19-20-21-22-23-24-25-26-27-28-29-30-31-32-33-34-35-36-37-38-39-40-41-42-43-45-47-49-51-53-55-57-63(71)68-60(59-75-67-66(74)65(73)64(72)62(58-69)76-67)61(70)56-54-52-50-48-46-44-18-16-14-12-10-8-6-4-2/h5,7,11,13-14,16-17,19,21-22,24-25,27-28,46,48,54,56,60-62,64-67,69-70,72-74H,3-4,6,8-10,12,15,18,20,23,26,29-45,47,49-53,55,57-59H2,1-2H3,(H,68,71)/b7-5-,13-11-,16-14+,19-17-,22-21-,25-24-,28-27-,48-46+,56-54+. The number of ether oxygens (including phenoxy) is 2. The van der Waals surface area contributed by atoms with Crippen LogP contribution in [0.5, 0.6) is 0 Å². The molecule has 0 aliphatic carbocycles. The van der Waals surface area contributed by atoms with Crippen molar-refractivity contribution in [1.29, 1.82) is 0 Å². The lowest BCUT2D eigenvalue weighted by Gasteiger charge is -2.40. The summed E-state index contributed by atoms with van der Waals surface area (Å²) in [5, 5.41) is 54.4. The third kappa shape index (κ3) is 43.8. The van der Waals surface area contributed by atoms with E-state index in [0.717, 1.165) is 89.9 Å². The van der Waals surface area contributed by atoms with Crippen LogP contribution in [-0.4, -0.2) is 87.5 Å². The van der Waals surface area contributed by atoms with Crippen molar-refractivity contribution in [3.8, 4) is 0 Å². The Morgan fingerprint density at radius 2 is 0.829 bits per heavy atom. The van der Waals surface area contributed by atoms with Crippen LogP contribution in [0.1, 0.15) is 251 Å². The Hall–Kier alpha value is -3.15. The number of rotatable bonds is 52. The highest BCUT2D eigenvalue weighted by Gasteiger charge is 2.44. The maximum atomic E-state index is 13.1. The lowest BCUT2D eigenvalue weighted by molar-refractivity contribution is -0.302. The first-order valence-corrected chi connectivity index (χ1v) is 31.1. The molecule has 6 N–H and O–H groups in total. The molecule has 1 amide bonds. The van der Waals surface area contributed by atoms with Crippen molar-refractivity contribution >= 4 is 5.91 Å². The first kappa shape index (κ1) is 70.9. The highest BCUT2D eigenvalue weighted by atomic mass is 16.7. The van der Waals surface area contributed by atoms with E-state index in [1.165, 1.54) is 141 Å². The van der Waals surface area contributed by atoms with Crippen molar-refractivity contribution in [2.45, 2.75) is 294 Å². The third-order valence-corrected chi connectivity index (χ3v) is 14.1. The summed E-state index contributed by atoms with van der Waals surface area (Å²) in [6.45, 7) is 3.62. The number of unbranched alkanes of at least 4 members (excludes halogenated alkanes) is 26. The predicted octanol–water partition coefficient (Wildman–Crippen LogP) is 16.1. The number of nitrogens with one attached hydrogen (secondary N) is 1. The molecule has 436 valence electrons. The highest BCUT2D eigenvalue weighted by Crippen LogP contribution is 2.23. The van der Waals surface area contributed by atoms with E-state index in [-0.39, 0.29) is 12.5 Å². The van der Waals surface area contributed by atoms with Crippen molar-refractivity contribution in [2.75, 3.05) is 13.2 Å². The van der Waals surface area contributed by atoms with Gasteiger partial charge in [0.2, 0.25) is 5.91 Å². The van der Waals surface area contributed by atoms with Gasteiger partial charge in [0.05, 0.1) is 25.4 Å². The topological polar surface area (TPSA) is 149 Å². The van der Waals surface area contributed by atoms with Gasteiger partial charge in [-0.25, -0.2) is 0 Å². The summed E-state index contributed by atoms with van der Waals surface area (Å²) in [7, 11) is 0. The smallest absolute Gasteiger partial charge is 0.220 e. The summed E-state index contributed by atoms with van der Waals surface area (Å²) in [6, 6.07) is -0.831. The van der Waals surface area contributed by atoms with Gasteiger partial charge in [0.1, 0.15) is 24.4 Å². The van der Waals surface area contributed by atoms with Crippen LogP contribution in [0.3, 0.4) is 0 Å². The van der Waals surface area contributed by atoms with Gasteiger partial charge in [0, 0.05) is 6.42 Å². The number of hydrogen-bond acceptors (Lipinski definition) is 8. The van der Waals surface area contributed by atoms with Crippen LogP contribution in [0.2, 0.25) is 0 Å². The summed E-state index contributed by atoms with van der Waals surface area (Å²) < 4.78 is 11.2. The van der Waals surface area contributed by atoms with E-state index in [1.54, 1.807) is 6.08 Å². The monoisotopic (exact) mass is 1060 g/mol. The van der Waals surface area contributed by atoms with E-state index >= 15 is 0 Å². The van der Waals surface area contributed by atoms with Gasteiger partial charge < -0.3 is 40.3 Å². The Balaban J connectivity index is 2.09. The van der Waals surface area contributed by atoms with Crippen LogP contribution in [0, 0.1) is 0 Å². The number of hydrogen-bond donors (Lipinski definition) is 6. The molecule has 9 heteroatoms. The summed E-state index contributed by atoms with van der Waals surface area (Å²) in [6.07, 6.45) is 74.7. The Morgan fingerprint density at radius 1 is 0.461 bits per heavy atom. The number of carbonyl (C=O) groups is 1. The summed E-state index contributed by atoms with van der Waals surface area (Å²) in [5.41, 5.74) is 0. The van der Waals surface area contributed by atoms with Gasteiger partial charge in [0.15, 0.2) is 6.29 Å². The molecule has 1 aliphatic heterocycles. The molecule has 1 aliphatic rings. The molecule has 1 saturated heterocycles. The van der Waals surface area contributed by atoms with E-state index in [0.29, 0.717) is 6.42 Å². The molecule has 0 saturated carbocycles. The van der Waals surface area contributed by atoms with Crippen LogP contribution in [0.4, 0.5) is 0 Å². The zero-order valence-corrected chi connectivity index (χ0v) is 48.5. The second-order valence-corrected chi connectivity index (χ2v) is 21.1. The van der Waals surface area contributed by atoms with Gasteiger partial charge in [-0.2, -0.15) is 0 Å². The molecule has 7 atom stereocenters. The van der Waals surface area contributed by atoms with Crippen molar-refractivity contribution < 1.29 is 39.8 Å². The predicted molar refractivity (Wildman–Crippen MR) is 322 cm³/mol. The molecular weight excluding hydrogens is 947 g/mol. The van der Waals surface area contributed by atoms with Crippen LogP contribution in [0.25, 0.3) is 0 Å². The Kier molecular flexibility index (Phi) is 51.4. The number of aliphatic hydroxyl groups is 5. The number of amides is 1. The summed E-state index contributed by atoms with van der Waals surface area (Å²) in [4.78, 5) is 13.1. The average Bonchev–Trinajstić information content (AvgIpc) is 3.42. The summed E-state index contributed by atoms with van der Waals surface area (Å²) in [5.74, 6) is -0.192. The first-order valence-electron chi connectivity index (χ1n) is 31.1. The minimum Gasteiger partial charge on any atom is -0.394 e. The fourth-order valence-corrected chi connectivity index (χ4v) is 9.19. The Labute approximate surface area is 466 Å². The molecule has 1 heterocycles. The molecule has 1 fully saturated rings. The Bertz CT molecular complexity index is 1560. The molecule has 7 unspecified atom stereocenters. The van der Waals surface area contributed by atoms with Gasteiger partial charge in [-0.15, -0.1) is 0 Å². The van der Waals surface area contributed by atoms with Crippen LogP contribution in [-0.2, 0) is 14.3 Å². The second kappa shape index (κ2) is 55.2. The largest absolute Gasteiger partial charge is 0.394 e. The number of aliphatic hydroxyl groups excluding tert-OH is 5. The van der Waals surface area contributed by atoms with Crippen molar-refractivity contribution in [2.24, 2.45) is 0 Å². The maximum Gasteiger partial charge on any atom is 0.220 e. The molecule has 1 rings (SSSR count). The normalized spacial score (nSPS) is 19.6. The number of carbonyl (C=O) groups excluding carboxylic acids is 1. The van der Waals surface area contributed by atoms with Crippen LogP contribution >= 0.6 is 0 Å². The minimum absolute atomic E-state index is 0.192. The van der Waals surface area contributed by atoms with Crippen molar-refractivity contribution in [3.63, 3.8) is 0 Å². The fourth-order valence-electron chi connectivity index (χ4n) is 9.19.